The Hall–Kier alpha value is -1.93. The van der Waals surface area contributed by atoms with Crippen LogP contribution in [0.25, 0.3) is 22.0 Å². The van der Waals surface area contributed by atoms with E-state index in [1.807, 2.05) is 0 Å². The normalized spacial score (nSPS) is 15.3. The summed E-state index contributed by atoms with van der Waals surface area (Å²) in [5.41, 5.74) is 6.31. The summed E-state index contributed by atoms with van der Waals surface area (Å²) in [5.74, 6) is 0. The minimum Gasteiger partial charge on any atom is -0.200 e. The number of hydrogen-bond donors (Lipinski definition) is 0. The van der Waals surface area contributed by atoms with Gasteiger partial charge in [0.15, 0.2) is 6.20 Å². The van der Waals surface area contributed by atoms with Crippen molar-refractivity contribution in [2.75, 3.05) is 0 Å². The van der Waals surface area contributed by atoms with Gasteiger partial charge in [-0.2, -0.15) is 0 Å². The first kappa shape index (κ1) is 17.5. The SMILES string of the molecule is Cc1ccc(C)c(-c2c3ccc([Si](C)(C)C4CCC4)cc3cc[n+]2C)c1. The lowest BCUT2D eigenvalue weighted by molar-refractivity contribution is -0.659. The standard InChI is InChI=1S/C24H30NSi/c1-17-9-10-18(2)23(15-17)24-22-12-11-21(16-19(22)13-14-25(24)3)26(4,5)20-7-6-8-20/h9-16,20H,6-8H2,1-5H3/q+1. The Bertz CT molecular complexity index is 983. The van der Waals surface area contributed by atoms with Gasteiger partial charge in [0.25, 0.3) is 0 Å². The van der Waals surface area contributed by atoms with Gasteiger partial charge >= 0.3 is 0 Å². The topological polar surface area (TPSA) is 3.88 Å². The van der Waals surface area contributed by atoms with Gasteiger partial charge in [0.2, 0.25) is 5.69 Å². The molecule has 26 heavy (non-hydrogen) atoms. The predicted octanol–water partition coefficient (Wildman–Crippen LogP) is 5.42. The fraction of sp³-hybridized carbons (Fsp3) is 0.375. The molecule has 0 saturated heterocycles. The van der Waals surface area contributed by atoms with Crippen LogP contribution >= 0.6 is 0 Å². The third-order valence-corrected chi connectivity index (χ3v) is 11.1. The molecule has 0 atom stereocenters. The first-order chi connectivity index (χ1) is 12.4. The van der Waals surface area contributed by atoms with Crippen molar-refractivity contribution in [3.8, 4) is 11.3 Å². The van der Waals surface area contributed by atoms with E-state index < -0.39 is 8.07 Å². The van der Waals surface area contributed by atoms with Crippen molar-refractivity contribution in [3.05, 3.63) is 59.8 Å². The largest absolute Gasteiger partial charge is 0.220 e. The van der Waals surface area contributed by atoms with E-state index in [2.05, 4.69) is 87.2 Å². The molecule has 134 valence electrons. The number of rotatable bonds is 3. The van der Waals surface area contributed by atoms with Crippen molar-refractivity contribution >= 4 is 24.0 Å². The minimum absolute atomic E-state index is 0.971. The number of pyridine rings is 1. The van der Waals surface area contributed by atoms with E-state index in [-0.39, 0.29) is 0 Å². The highest BCUT2D eigenvalue weighted by Crippen LogP contribution is 2.41. The van der Waals surface area contributed by atoms with E-state index in [0.29, 0.717) is 0 Å². The average Bonchev–Trinajstić information content (AvgIpc) is 2.55. The van der Waals surface area contributed by atoms with Crippen LogP contribution in [0.3, 0.4) is 0 Å². The highest BCUT2D eigenvalue weighted by atomic mass is 28.3. The van der Waals surface area contributed by atoms with Gasteiger partial charge in [-0.05, 0) is 42.5 Å². The molecule has 0 radical (unpaired) electrons. The van der Waals surface area contributed by atoms with Crippen LogP contribution in [0.5, 0.6) is 0 Å². The molecule has 0 aliphatic heterocycles. The maximum absolute atomic E-state index is 2.56. The zero-order valence-corrected chi connectivity index (χ0v) is 17.8. The highest BCUT2D eigenvalue weighted by Gasteiger charge is 2.37. The average molecular weight is 361 g/mol. The lowest BCUT2D eigenvalue weighted by Gasteiger charge is -2.39. The van der Waals surface area contributed by atoms with Crippen molar-refractivity contribution in [2.24, 2.45) is 7.05 Å². The third-order valence-electron chi connectivity index (χ3n) is 6.66. The molecule has 1 nitrogen and oxygen atoms in total. The first-order valence-electron chi connectivity index (χ1n) is 9.88. The third kappa shape index (κ3) is 2.81. The molecule has 4 rings (SSSR count). The Morgan fingerprint density at radius 3 is 2.42 bits per heavy atom. The molecule has 1 aliphatic rings. The molecule has 1 aliphatic carbocycles. The zero-order valence-electron chi connectivity index (χ0n) is 16.8. The molecular weight excluding hydrogens is 330 g/mol. The van der Waals surface area contributed by atoms with Gasteiger partial charge in [0.05, 0.1) is 13.5 Å². The van der Waals surface area contributed by atoms with Crippen molar-refractivity contribution in [3.63, 3.8) is 0 Å². The summed E-state index contributed by atoms with van der Waals surface area (Å²) in [4.78, 5) is 0. The molecule has 1 saturated carbocycles. The summed E-state index contributed by atoms with van der Waals surface area (Å²) in [6.07, 6.45) is 6.53. The lowest BCUT2D eigenvalue weighted by Crippen LogP contribution is -2.48. The molecule has 0 spiro atoms. The molecule has 3 aromatic rings. The van der Waals surface area contributed by atoms with Crippen molar-refractivity contribution in [1.82, 2.24) is 0 Å². The second kappa shape index (κ2) is 6.35. The van der Waals surface area contributed by atoms with Crippen LogP contribution in [-0.2, 0) is 7.05 Å². The van der Waals surface area contributed by atoms with E-state index in [0.717, 1.165) is 5.54 Å². The Morgan fingerprint density at radius 1 is 0.962 bits per heavy atom. The quantitative estimate of drug-likeness (QED) is 0.434. The highest BCUT2D eigenvalue weighted by molar-refractivity contribution is 6.91. The summed E-state index contributed by atoms with van der Waals surface area (Å²) in [6, 6.07) is 16.4. The molecule has 0 unspecified atom stereocenters. The monoisotopic (exact) mass is 360 g/mol. The van der Waals surface area contributed by atoms with Crippen molar-refractivity contribution in [2.45, 2.75) is 51.7 Å². The Labute approximate surface area is 158 Å². The maximum Gasteiger partial charge on any atom is 0.220 e. The molecular formula is C24H30NSi+. The molecule has 0 N–H and O–H groups in total. The fourth-order valence-corrected chi connectivity index (χ4v) is 7.83. The number of fused-ring (bicyclic) bond motifs is 1. The summed E-state index contributed by atoms with van der Waals surface area (Å²) in [5, 5.41) is 4.37. The van der Waals surface area contributed by atoms with Gasteiger partial charge in [-0.15, -0.1) is 0 Å². The zero-order chi connectivity index (χ0) is 18.5. The van der Waals surface area contributed by atoms with Gasteiger partial charge in [-0.1, -0.05) is 67.4 Å². The van der Waals surface area contributed by atoms with Crippen molar-refractivity contribution in [1.29, 1.82) is 0 Å². The molecule has 1 fully saturated rings. The van der Waals surface area contributed by atoms with Gasteiger partial charge in [-0.25, -0.2) is 4.57 Å². The van der Waals surface area contributed by atoms with E-state index in [4.69, 9.17) is 0 Å². The smallest absolute Gasteiger partial charge is 0.200 e. The van der Waals surface area contributed by atoms with E-state index in [1.165, 1.54) is 52.4 Å². The number of hydrogen-bond acceptors (Lipinski definition) is 0. The van der Waals surface area contributed by atoms with Gasteiger partial charge < -0.3 is 0 Å². The Balaban J connectivity index is 1.90. The number of benzene rings is 2. The van der Waals surface area contributed by atoms with Gasteiger partial charge in [0.1, 0.15) is 7.05 Å². The first-order valence-corrected chi connectivity index (χ1v) is 13.0. The van der Waals surface area contributed by atoms with E-state index in [1.54, 1.807) is 5.19 Å². The molecule has 2 aromatic carbocycles. The van der Waals surface area contributed by atoms with Gasteiger partial charge in [-0.3, -0.25) is 0 Å². The molecule has 1 aromatic heterocycles. The number of aromatic nitrogens is 1. The van der Waals surface area contributed by atoms with Crippen LogP contribution in [0, 0.1) is 13.8 Å². The summed E-state index contributed by atoms with van der Waals surface area (Å²) < 4.78 is 2.28. The summed E-state index contributed by atoms with van der Waals surface area (Å²) in [6.45, 7) is 9.52. The van der Waals surface area contributed by atoms with Crippen LogP contribution < -0.4 is 9.75 Å². The molecule has 0 amide bonds. The molecule has 0 bridgehead atoms. The Kier molecular flexibility index (Phi) is 4.27. The minimum atomic E-state index is -1.35. The van der Waals surface area contributed by atoms with E-state index in [9.17, 15) is 0 Å². The summed E-state index contributed by atoms with van der Waals surface area (Å²) in [7, 11) is 0.814. The van der Waals surface area contributed by atoms with Crippen LogP contribution in [0.15, 0.2) is 48.7 Å². The fourth-order valence-electron chi connectivity index (χ4n) is 4.47. The van der Waals surface area contributed by atoms with Crippen LogP contribution in [0.2, 0.25) is 18.6 Å². The summed E-state index contributed by atoms with van der Waals surface area (Å²) >= 11 is 0. The second-order valence-corrected chi connectivity index (χ2v) is 13.6. The maximum atomic E-state index is 2.56. The predicted molar refractivity (Wildman–Crippen MR) is 115 cm³/mol. The van der Waals surface area contributed by atoms with E-state index >= 15 is 0 Å². The molecule has 1 heterocycles. The van der Waals surface area contributed by atoms with Crippen LogP contribution in [-0.4, -0.2) is 8.07 Å². The van der Waals surface area contributed by atoms with Crippen molar-refractivity contribution < 1.29 is 4.57 Å². The van der Waals surface area contributed by atoms with Crippen LogP contribution in [0.1, 0.15) is 30.4 Å². The second-order valence-electron chi connectivity index (χ2n) is 8.75. The van der Waals surface area contributed by atoms with Gasteiger partial charge in [0, 0.05) is 11.6 Å². The molecule has 2 heteroatoms. The number of nitrogens with zero attached hydrogens (tertiary/aromatic N) is 1. The Morgan fingerprint density at radius 2 is 1.73 bits per heavy atom. The lowest BCUT2D eigenvalue weighted by atomic mass is 9.98. The number of aryl methyl sites for hydroxylation is 3. The van der Waals surface area contributed by atoms with Crippen LogP contribution in [0.4, 0.5) is 0 Å².